The van der Waals surface area contributed by atoms with E-state index < -0.39 is 0 Å². The van der Waals surface area contributed by atoms with Gasteiger partial charge in [0.05, 0.1) is 0 Å². The van der Waals surface area contributed by atoms with E-state index in [2.05, 4.69) is 147 Å². The Hall–Kier alpha value is -5.14. The molecule has 0 bridgehead atoms. The third-order valence-electron chi connectivity index (χ3n) is 9.46. The maximum Gasteiger partial charge on any atom is 0.136 e. The van der Waals surface area contributed by atoms with Crippen molar-refractivity contribution in [2.75, 3.05) is 0 Å². The molecule has 0 atom stereocenters. The van der Waals surface area contributed by atoms with E-state index in [1.165, 1.54) is 76.8 Å². The second kappa shape index (κ2) is 8.44. The number of fused-ring (bicyclic) bond motifs is 9. The van der Waals surface area contributed by atoms with Crippen molar-refractivity contribution in [2.45, 2.75) is 19.3 Å². The van der Waals surface area contributed by atoms with E-state index >= 15 is 0 Å². The van der Waals surface area contributed by atoms with Crippen molar-refractivity contribution in [3.8, 4) is 33.4 Å². The number of rotatable bonds is 2. The van der Waals surface area contributed by atoms with Crippen molar-refractivity contribution in [3.05, 3.63) is 145 Å². The van der Waals surface area contributed by atoms with E-state index in [9.17, 15) is 0 Å². The molecule has 1 aromatic heterocycles. The lowest BCUT2D eigenvalue weighted by Crippen LogP contribution is -2.14. The van der Waals surface area contributed by atoms with Crippen LogP contribution in [0.1, 0.15) is 25.0 Å². The highest BCUT2D eigenvalue weighted by Gasteiger charge is 2.36. The third kappa shape index (κ3) is 3.19. The van der Waals surface area contributed by atoms with Crippen LogP contribution in [0.3, 0.4) is 0 Å². The Labute approximate surface area is 244 Å². The summed E-state index contributed by atoms with van der Waals surface area (Å²) in [4.78, 5) is 0. The minimum Gasteiger partial charge on any atom is -0.456 e. The van der Waals surface area contributed by atoms with Crippen LogP contribution in [0.4, 0.5) is 0 Å². The molecule has 0 saturated heterocycles. The summed E-state index contributed by atoms with van der Waals surface area (Å²) < 4.78 is 6.42. The largest absolute Gasteiger partial charge is 0.456 e. The van der Waals surface area contributed by atoms with Gasteiger partial charge in [-0.15, -0.1) is 0 Å². The summed E-state index contributed by atoms with van der Waals surface area (Å²) in [6, 6.07) is 48.7. The second-order valence-corrected chi connectivity index (χ2v) is 12.1. The molecule has 9 rings (SSSR count). The Morgan fingerprint density at radius 1 is 0.452 bits per heavy atom. The molecule has 0 N–H and O–H groups in total. The predicted octanol–water partition coefficient (Wildman–Crippen LogP) is 11.5. The van der Waals surface area contributed by atoms with Gasteiger partial charge in [-0.1, -0.05) is 123 Å². The van der Waals surface area contributed by atoms with E-state index in [0.717, 1.165) is 11.2 Å². The van der Waals surface area contributed by atoms with Crippen molar-refractivity contribution in [1.29, 1.82) is 0 Å². The molecule has 7 aromatic carbocycles. The Morgan fingerprint density at radius 3 is 2.05 bits per heavy atom. The van der Waals surface area contributed by atoms with Crippen LogP contribution in [0, 0.1) is 0 Å². The molecule has 42 heavy (non-hydrogen) atoms. The molecule has 1 aliphatic rings. The van der Waals surface area contributed by atoms with E-state index in [1.807, 2.05) is 0 Å². The van der Waals surface area contributed by atoms with Crippen molar-refractivity contribution in [2.24, 2.45) is 0 Å². The minimum atomic E-state index is -0.0760. The van der Waals surface area contributed by atoms with Gasteiger partial charge in [0, 0.05) is 16.2 Å². The molecule has 198 valence electrons. The number of benzene rings is 7. The molecule has 0 spiro atoms. The van der Waals surface area contributed by atoms with Gasteiger partial charge in [0.15, 0.2) is 0 Å². The van der Waals surface area contributed by atoms with Crippen LogP contribution in [-0.4, -0.2) is 0 Å². The van der Waals surface area contributed by atoms with Crippen molar-refractivity contribution in [1.82, 2.24) is 0 Å². The molecule has 1 aliphatic carbocycles. The minimum absolute atomic E-state index is 0.0760. The molecule has 0 unspecified atom stereocenters. The third-order valence-corrected chi connectivity index (χ3v) is 9.46. The van der Waals surface area contributed by atoms with Gasteiger partial charge in [-0.2, -0.15) is 0 Å². The van der Waals surface area contributed by atoms with Crippen LogP contribution in [0.25, 0.3) is 76.9 Å². The molecule has 0 fully saturated rings. The first-order valence-corrected chi connectivity index (χ1v) is 14.7. The summed E-state index contributed by atoms with van der Waals surface area (Å²) in [6.07, 6.45) is 0. The highest BCUT2D eigenvalue weighted by molar-refractivity contribution is 6.16. The van der Waals surface area contributed by atoms with Crippen molar-refractivity contribution in [3.63, 3.8) is 0 Å². The summed E-state index contributed by atoms with van der Waals surface area (Å²) in [7, 11) is 0. The van der Waals surface area contributed by atoms with Gasteiger partial charge in [0.2, 0.25) is 0 Å². The normalized spacial score (nSPS) is 13.7. The van der Waals surface area contributed by atoms with E-state index in [0.29, 0.717) is 0 Å². The monoisotopic (exact) mass is 536 g/mol. The maximum absolute atomic E-state index is 6.42. The Bertz CT molecular complexity index is 2370. The zero-order chi connectivity index (χ0) is 28.0. The van der Waals surface area contributed by atoms with E-state index in [1.54, 1.807) is 0 Å². The fourth-order valence-electron chi connectivity index (χ4n) is 7.40. The van der Waals surface area contributed by atoms with Gasteiger partial charge < -0.3 is 4.42 Å². The molecule has 0 saturated carbocycles. The lowest BCUT2D eigenvalue weighted by Gasteiger charge is -2.22. The first-order chi connectivity index (χ1) is 20.6. The Balaban J connectivity index is 1.31. The van der Waals surface area contributed by atoms with Crippen molar-refractivity contribution >= 4 is 43.5 Å². The first kappa shape index (κ1) is 23.6. The molecule has 0 amide bonds. The molecule has 0 radical (unpaired) electrons. The Kier molecular flexibility index (Phi) is 4.73. The summed E-state index contributed by atoms with van der Waals surface area (Å²) in [5, 5.41) is 7.39. The highest BCUT2D eigenvalue weighted by atomic mass is 16.3. The van der Waals surface area contributed by atoms with E-state index in [-0.39, 0.29) is 5.41 Å². The van der Waals surface area contributed by atoms with E-state index in [4.69, 9.17) is 4.42 Å². The van der Waals surface area contributed by atoms with Crippen molar-refractivity contribution < 1.29 is 4.42 Å². The zero-order valence-corrected chi connectivity index (χ0v) is 23.6. The fraction of sp³-hybridized carbons (Fsp3) is 0.0732. The molecule has 1 heteroatoms. The molecule has 0 aliphatic heterocycles. The quantitative estimate of drug-likeness (QED) is 0.214. The number of furan rings is 1. The SMILES string of the molecule is CC1(C)c2ccc(-c3cccc4oc5cc6ccccc6cc5c34)cc2-c2c1ccc1c(-c3ccccc3)cccc21. The molecule has 1 heterocycles. The van der Waals surface area contributed by atoms with Gasteiger partial charge in [-0.25, -0.2) is 0 Å². The first-order valence-electron chi connectivity index (χ1n) is 14.7. The van der Waals surface area contributed by atoms with Crippen LogP contribution >= 0.6 is 0 Å². The summed E-state index contributed by atoms with van der Waals surface area (Å²) in [6.45, 7) is 4.72. The van der Waals surface area contributed by atoms with Crippen LogP contribution < -0.4 is 0 Å². The van der Waals surface area contributed by atoms with Crippen LogP contribution in [0.2, 0.25) is 0 Å². The van der Waals surface area contributed by atoms with Crippen LogP contribution in [-0.2, 0) is 5.41 Å². The predicted molar refractivity (Wildman–Crippen MR) is 177 cm³/mol. The van der Waals surface area contributed by atoms with Crippen LogP contribution in [0.15, 0.2) is 138 Å². The lowest BCUT2D eigenvalue weighted by molar-refractivity contribution is 0.661. The second-order valence-electron chi connectivity index (χ2n) is 12.1. The maximum atomic E-state index is 6.42. The molecule has 1 nitrogen and oxygen atoms in total. The average molecular weight is 537 g/mol. The standard InChI is InChI=1S/C41H28O/c1-41(2)35-20-18-28(30-15-9-17-37-40(30)34-22-26-12-6-7-13-27(26)24-38(34)42-37)23-33(35)39-32-16-8-14-29(25-10-4-3-5-11-25)31(32)19-21-36(39)41/h3-24H,1-2H3. The zero-order valence-electron chi connectivity index (χ0n) is 23.6. The number of hydrogen-bond acceptors (Lipinski definition) is 1. The smallest absolute Gasteiger partial charge is 0.136 e. The molecule has 8 aromatic rings. The Morgan fingerprint density at radius 2 is 1.19 bits per heavy atom. The molecular formula is C41H28O. The van der Waals surface area contributed by atoms with Gasteiger partial charge >= 0.3 is 0 Å². The fourth-order valence-corrected chi connectivity index (χ4v) is 7.40. The molecular weight excluding hydrogens is 508 g/mol. The lowest BCUT2D eigenvalue weighted by atomic mass is 9.81. The average Bonchev–Trinajstić information content (AvgIpc) is 3.51. The summed E-state index contributed by atoms with van der Waals surface area (Å²) >= 11 is 0. The van der Waals surface area contributed by atoms with Gasteiger partial charge in [-0.05, 0) is 90.3 Å². The summed E-state index contributed by atoms with van der Waals surface area (Å²) in [5.74, 6) is 0. The highest BCUT2D eigenvalue weighted by Crippen LogP contribution is 2.53. The van der Waals surface area contributed by atoms with Crippen LogP contribution in [0.5, 0.6) is 0 Å². The van der Waals surface area contributed by atoms with Gasteiger partial charge in [0.25, 0.3) is 0 Å². The number of hydrogen-bond donors (Lipinski definition) is 0. The summed E-state index contributed by atoms with van der Waals surface area (Å²) in [5.41, 5.74) is 12.2. The topological polar surface area (TPSA) is 13.1 Å². The van der Waals surface area contributed by atoms with Gasteiger partial charge in [0.1, 0.15) is 11.2 Å². The van der Waals surface area contributed by atoms with Gasteiger partial charge in [-0.3, -0.25) is 0 Å².